The van der Waals surface area contributed by atoms with Crippen LogP contribution in [0.15, 0.2) is 60.2 Å². The van der Waals surface area contributed by atoms with Crippen LogP contribution in [0.4, 0.5) is 0 Å². The Balaban J connectivity index is 2.12. The molecule has 0 saturated heterocycles. The lowest BCUT2D eigenvalue weighted by Crippen LogP contribution is -2.40. The number of benzene rings is 1. The summed E-state index contributed by atoms with van der Waals surface area (Å²) in [5, 5.41) is 28.0. The number of hydrogen-bond acceptors (Lipinski definition) is 3. The maximum Gasteiger partial charge on any atom is 0.213 e. The highest BCUT2D eigenvalue weighted by molar-refractivity contribution is 5.55. The van der Waals surface area contributed by atoms with Crippen LogP contribution in [0.5, 0.6) is 0 Å². The van der Waals surface area contributed by atoms with Gasteiger partial charge in [-0.3, -0.25) is 0 Å². The lowest BCUT2D eigenvalue weighted by Gasteiger charge is -2.25. The molecule has 3 heteroatoms. The Morgan fingerprint density at radius 3 is 2.41 bits per heavy atom. The van der Waals surface area contributed by atoms with Crippen molar-refractivity contribution in [2.24, 2.45) is 0 Å². The number of aliphatic hydroxyl groups excluding tert-OH is 1. The average molecular weight is 230 g/mol. The predicted molar refractivity (Wildman–Crippen MR) is 65.9 cm³/mol. The first-order chi connectivity index (χ1) is 8.08. The molecule has 1 aromatic rings. The molecule has 0 bridgehead atoms. The van der Waals surface area contributed by atoms with E-state index in [1.807, 2.05) is 42.5 Å². The summed E-state index contributed by atoms with van der Waals surface area (Å²) in [5.41, 5.74) is 1.78. The SMILES string of the molecule is OC1C=C(/C=C/c2ccccc2)C=CC1(O)O. The van der Waals surface area contributed by atoms with E-state index in [1.54, 1.807) is 6.08 Å². The van der Waals surface area contributed by atoms with Gasteiger partial charge in [-0.2, -0.15) is 0 Å². The summed E-state index contributed by atoms with van der Waals surface area (Å²) in [6, 6.07) is 9.73. The van der Waals surface area contributed by atoms with E-state index >= 15 is 0 Å². The Morgan fingerprint density at radius 2 is 1.76 bits per heavy atom. The summed E-state index contributed by atoms with van der Waals surface area (Å²) in [7, 11) is 0. The zero-order chi connectivity index (χ0) is 12.3. The molecule has 0 fully saturated rings. The van der Waals surface area contributed by atoms with Crippen molar-refractivity contribution in [3.05, 3.63) is 65.8 Å². The molecule has 1 unspecified atom stereocenters. The summed E-state index contributed by atoms with van der Waals surface area (Å²) in [4.78, 5) is 0. The van der Waals surface area contributed by atoms with Crippen LogP contribution in [0, 0.1) is 0 Å². The van der Waals surface area contributed by atoms with Crippen molar-refractivity contribution in [1.29, 1.82) is 0 Å². The van der Waals surface area contributed by atoms with Gasteiger partial charge in [-0.1, -0.05) is 48.6 Å². The maximum atomic E-state index is 9.44. The lowest BCUT2D eigenvalue weighted by molar-refractivity contribution is -0.174. The quantitative estimate of drug-likeness (QED) is 0.670. The fourth-order valence-electron chi connectivity index (χ4n) is 1.55. The Labute approximate surface area is 99.7 Å². The van der Waals surface area contributed by atoms with Gasteiger partial charge in [0.25, 0.3) is 0 Å². The second kappa shape index (κ2) is 4.67. The molecule has 2 rings (SSSR count). The largest absolute Gasteiger partial charge is 0.383 e. The zero-order valence-corrected chi connectivity index (χ0v) is 9.19. The second-order valence-electron chi connectivity index (χ2n) is 3.97. The first-order valence-electron chi connectivity index (χ1n) is 5.35. The topological polar surface area (TPSA) is 60.7 Å². The van der Waals surface area contributed by atoms with E-state index in [1.165, 1.54) is 12.2 Å². The normalized spacial score (nSPS) is 22.8. The van der Waals surface area contributed by atoms with E-state index in [0.29, 0.717) is 0 Å². The van der Waals surface area contributed by atoms with E-state index in [4.69, 9.17) is 0 Å². The average Bonchev–Trinajstić information content (AvgIpc) is 2.32. The minimum atomic E-state index is -2.16. The molecule has 88 valence electrons. The van der Waals surface area contributed by atoms with E-state index in [-0.39, 0.29) is 0 Å². The number of allylic oxidation sites excluding steroid dienone is 3. The van der Waals surface area contributed by atoms with Crippen molar-refractivity contribution in [3.63, 3.8) is 0 Å². The molecule has 0 aliphatic heterocycles. The number of hydrogen-bond donors (Lipinski definition) is 3. The summed E-state index contributed by atoms with van der Waals surface area (Å²) < 4.78 is 0. The molecule has 0 saturated carbocycles. The van der Waals surface area contributed by atoms with Crippen LogP contribution in [-0.2, 0) is 0 Å². The minimum absolute atomic E-state index is 0.736. The molecule has 1 aliphatic carbocycles. The Hall–Kier alpha value is -1.68. The van der Waals surface area contributed by atoms with Crippen LogP contribution in [0.3, 0.4) is 0 Å². The van der Waals surface area contributed by atoms with Crippen molar-refractivity contribution in [2.75, 3.05) is 0 Å². The van der Waals surface area contributed by atoms with Crippen molar-refractivity contribution in [3.8, 4) is 0 Å². The van der Waals surface area contributed by atoms with Crippen LogP contribution in [-0.4, -0.2) is 27.2 Å². The standard InChI is InChI=1S/C14H14O3/c15-13-10-12(8-9-14(13,16)17)7-6-11-4-2-1-3-5-11/h1-10,13,15-17H/b7-6+. The van der Waals surface area contributed by atoms with E-state index in [9.17, 15) is 15.3 Å². The number of aliphatic hydroxyl groups is 3. The first-order valence-corrected chi connectivity index (χ1v) is 5.35. The molecule has 0 amide bonds. The summed E-state index contributed by atoms with van der Waals surface area (Å²) in [5.74, 6) is -2.16. The fourth-order valence-corrected chi connectivity index (χ4v) is 1.55. The summed E-state index contributed by atoms with van der Waals surface area (Å²) in [6.45, 7) is 0. The highest BCUT2D eigenvalue weighted by Crippen LogP contribution is 2.20. The minimum Gasteiger partial charge on any atom is -0.383 e. The van der Waals surface area contributed by atoms with Crippen molar-refractivity contribution in [2.45, 2.75) is 11.9 Å². The molecular weight excluding hydrogens is 216 g/mol. The molecule has 3 N–H and O–H groups in total. The molecule has 1 atom stereocenters. The third-order valence-corrected chi connectivity index (χ3v) is 2.57. The van der Waals surface area contributed by atoms with Gasteiger partial charge >= 0.3 is 0 Å². The molecule has 0 heterocycles. The molecule has 0 spiro atoms. The van der Waals surface area contributed by atoms with Gasteiger partial charge in [0.2, 0.25) is 5.79 Å². The smallest absolute Gasteiger partial charge is 0.213 e. The lowest BCUT2D eigenvalue weighted by atomic mass is 9.98. The highest BCUT2D eigenvalue weighted by Gasteiger charge is 2.30. The number of rotatable bonds is 2. The summed E-state index contributed by atoms with van der Waals surface area (Å²) in [6.07, 6.45) is 6.53. The van der Waals surface area contributed by atoms with Crippen LogP contribution in [0.25, 0.3) is 6.08 Å². The van der Waals surface area contributed by atoms with Gasteiger partial charge in [-0.25, -0.2) is 0 Å². The Bertz CT molecular complexity index is 470. The van der Waals surface area contributed by atoms with Gasteiger partial charge in [0, 0.05) is 0 Å². The van der Waals surface area contributed by atoms with Gasteiger partial charge in [0.15, 0.2) is 0 Å². The maximum absolute atomic E-state index is 9.44. The first kappa shape index (κ1) is 11.8. The summed E-state index contributed by atoms with van der Waals surface area (Å²) >= 11 is 0. The third-order valence-electron chi connectivity index (χ3n) is 2.57. The molecule has 3 nitrogen and oxygen atoms in total. The van der Waals surface area contributed by atoms with E-state index in [2.05, 4.69) is 0 Å². The molecule has 0 radical (unpaired) electrons. The van der Waals surface area contributed by atoms with Crippen molar-refractivity contribution in [1.82, 2.24) is 0 Å². The third kappa shape index (κ3) is 2.91. The highest BCUT2D eigenvalue weighted by atomic mass is 16.5. The van der Waals surface area contributed by atoms with Gasteiger partial charge < -0.3 is 15.3 Å². The van der Waals surface area contributed by atoms with Crippen molar-refractivity contribution >= 4 is 6.08 Å². The molecule has 17 heavy (non-hydrogen) atoms. The van der Waals surface area contributed by atoms with Crippen LogP contribution in [0.2, 0.25) is 0 Å². The van der Waals surface area contributed by atoms with Gasteiger partial charge in [-0.05, 0) is 23.3 Å². The van der Waals surface area contributed by atoms with Crippen LogP contribution in [0.1, 0.15) is 5.56 Å². The Morgan fingerprint density at radius 1 is 1.06 bits per heavy atom. The second-order valence-corrected chi connectivity index (χ2v) is 3.97. The molecule has 1 aliphatic rings. The van der Waals surface area contributed by atoms with Crippen LogP contribution >= 0.6 is 0 Å². The van der Waals surface area contributed by atoms with Gasteiger partial charge in [0.05, 0.1) is 0 Å². The monoisotopic (exact) mass is 230 g/mol. The van der Waals surface area contributed by atoms with Crippen molar-refractivity contribution < 1.29 is 15.3 Å². The molecule has 0 aromatic heterocycles. The van der Waals surface area contributed by atoms with Gasteiger partial charge in [-0.15, -0.1) is 0 Å². The Kier molecular flexibility index (Phi) is 3.24. The van der Waals surface area contributed by atoms with Gasteiger partial charge in [0.1, 0.15) is 6.10 Å². The molecule has 1 aromatic carbocycles. The van der Waals surface area contributed by atoms with Crippen LogP contribution < -0.4 is 0 Å². The van der Waals surface area contributed by atoms with E-state index in [0.717, 1.165) is 11.1 Å². The molecular formula is C14H14O3. The predicted octanol–water partition coefficient (Wildman–Crippen LogP) is 1.24. The fraction of sp³-hybridized carbons (Fsp3) is 0.143. The zero-order valence-electron chi connectivity index (χ0n) is 9.19. The van der Waals surface area contributed by atoms with E-state index < -0.39 is 11.9 Å².